The number of carbonyl (C=O) groups excluding carboxylic acids is 1. The Balaban J connectivity index is 1.73. The van der Waals surface area contributed by atoms with E-state index < -0.39 is 30.3 Å². The summed E-state index contributed by atoms with van der Waals surface area (Å²) in [7, 11) is 0. The van der Waals surface area contributed by atoms with Gasteiger partial charge in [0, 0.05) is 24.8 Å². The second-order valence-corrected chi connectivity index (χ2v) is 5.28. The molecule has 20 heavy (non-hydrogen) atoms. The Labute approximate surface area is 115 Å². The second-order valence-electron chi connectivity index (χ2n) is 5.28. The Kier molecular flexibility index (Phi) is 4.23. The van der Waals surface area contributed by atoms with Gasteiger partial charge in [-0.05, 0) is 5.56 Å². The van der Waals surface area contributed by atoms with Crippen molar-refractivity contribution in [2.45, 2.75) is 25.4 Å². The number of ether oxygens (including phenoxy) is 1. The molecule has 6 heteroatoms. The summed E-state index contributed by atoms with van der Waals surface area (Å²) in [5.41, 5.74) is -0.0790. The first kappa shape index (κ1) is 14.7. The molecule has 1 aromatic rings. The van der Waals surface area contributed by atoms with Crippen LogP contribution in [-0.2, 0) is 11.3 Å². The van der Waals surface area contributed by atoms with Gasteiger partial charge in [0.25, 0.3) is 0 Å². The van der Waals surface area contributed by atoms with Crippen molar-refractivity contribution < 1.29 is 23.4 Å². The third-order valence-corrected chi connectivity index (χ3v) is 3.42. The van der Waals surface area contributed by atoms with E-state index in [1.807, 2.05) is 30.3 Å². The molecule has 0 unspecified atom stereocenters. The maximum absolute atomic E-state index is 12.9. The zero-order valence-corrected chi connectivity index (χ0v) is 10.9. The van der Waals surface area contributed by atoms with Crippen molar-refractivity contribution >= 4 is 6.09 Å². The highest BCUT2D eigenvalue weighted by Gasteiger charge is 2.56. The molecule has 1 aliphatic rings. The highest BCUT2D eigenvalue weighted by molar-refractivity contribution is 5.67. The van der Waals surface area contributed by atoms with Gasteiger partial charge in [-0.15, -0.1) is 0 Å². The van der Waals surface area contributed by atoms with Crippen LogP contribution in [0.15, 0.2) is 30.3 Å². The van der Waals surface area contributed by atoms with Gasteiger partial charge in [0.2, 0.25) is 5.92 Å². The summed E-state index contributed by atoms with van der Waals surface area (Å²) < 4.78 is 30.7. The summed E-state index contributed by atoms with van der Waals surface area (Å²) in [6.07, 6.45) is -1.48. The van der Waals surface area contributed by atoms with Gasteiger partial charge in [-0.25, -0.2) is 13.6 Å². The van der Waals surface area contributed by atoms with Crippen molar-refractivity contribution in [2.24, 2.45) is 5.41 Å². The summed E-state index contributed by atoms with van der Waals surface area (Å²) in [5, 5.41) is 11.6. The summed E-state index contributed by atoms with van der Waals surface area (Å²) >= 11 is 0. The van der Waals surface area contributed by atoms with Gasteiger partial charge in [-0.1, -0.05) is 30.3 Å². The number of amides is 1. The molecule has 1 aliphatic carbocycles. The molecule has 1 saturated carbocycles. The third kappa shape index (κ3) is 3.66. The smallest absolute Gasteiger partial charge is 0.407 e. The van der Waals surface area contributed by atoms with Crippen LogP contribution in [0.25, 0.3) is 0 Å². The maximum atomic E-state index is 12.9. The van der Waals surface area contributed by atoms with E-state index in [4.69, 9.17) is 9.84 Å². The van der Waals surface area contributed by atoms with E-state index in [-0.39, 0.29) is 19.8 Å². The van der Waals surface area contributed by atoms with E-state index in [1.165, 1.54) is 0 Å². The first-order valence-corrected chi connectivity index (χ1v) is 6.38. The van der Waals surface area contributed by atoms with Crippen LogP contribution < -0.4 is 5.32 Å². The summed E-state index contributed by atoms with van der Waals surface area (Å²) in [4.78, 5) is 11.5. The van der Waals surface area contributed by atoms with Gasteiger partial charge in [0.1, 0.15) is 6.61 Å². The Morgan fingerprint density at radius 3 is 2.50 bits per heavy atom. The normalized spacial score (nSPS) is 18.9. The average Bonchev–Trinajstić information content (AvgIpc) is 2.41. The van der Waals surface area contributed by atoms with Crippen LogP contribution in [0, 0.1) is 5.41 Å². The molecule has 0 saturated heterocycles. The summed E-state index contributed by atoms with van der Waals surface area (Å²) in [6, 6.07) is 9.14. The number of alkyl carbamates (subject to hydrolysis) is 1. The average molecular weight is 285 g/mol. The molecule has 0 aromatic heterocycles. The fourth-order valence-corrected chi connectivity index (χ4v) is 2.37. The van der Waals surface area contributed by atoms with Crippen molar-refractivity contribution in [3.05, 3.63) is 35.9 Å². The van der Waals surface area contributed by atoms with Gasteiger partial charge in [-0.2, -0.15) is 0 Å². The third-order valence-electron chi connectivity index (χ3n) is 3.42. The Hall–Kier alpha value is -1.69. The summed E-state index contributed by atoms with van der Waals surface area (Å²) in [6.45, 7) is -0.261. The Morgan fingerprint density at radius 2 is 1.95 bits per heavy atom. The quantitative estimate of drug-likeness (QED) is 0.873. The molecule has 2 rings (SSSR count). The number of nitrogens with one attached hydrogen (secondary N) is 1. The molecule has 1 amide bonds. The van der Waals surface area contributed by atoms with E-state index in [0.29, 0.717) is 0 Å². The molecule has 4 nitrogen and oxygen atoms in total. The standard InChI is InChI=1S/C14H17F2NO3/c15-14(16)7-13(8-14,10-18)9-17-12(19)20-6-11-4-2-1-3-5-11/h1-5,18H,6-10H2,(H,17,19). The van der Waals surface area contributed by atoms with Crippen LogP contribution in [0.4, 0.5) is 13.6 Å². The van der Waals surface area contributed by atoms with E-state index in [2.05, 4.69) is 5.32 Å². The molecular formula is C14H17F2NO3. The van der Waals surface area contributed by atoms with Crippen LogP contribution in [0.5, 0.6) is 0 Å². The lowest BCUT2D eigenvalue weighted by molar-refractivity contribution is -0.173. The lowest BCUT2D eigenvalue weighted by Crippen LogP contribution is -2.54. The predicted molar refractivity (Wildman–Crippen MR) is 68.3 cm³/mol. The van der Waals surface area contributed by atoms with E-state index in [9.17, 15) is 13.6 Å². The zero-order valence-electron chi connectivity index (χ0n) is 10.9. The highest BCUT2D eigenvalue weighted by atomic mass is 19.3. The van der Waals surface area contributed by atoms with Gasteiger partial charge >= 0.3 is 6.09 Å². The molecule has 0 radical (unpaired) electrons. The van der Waals surface area contributed by atoms with E-state index in [1.54, 1.807) is 0 Å². The van der Waals surface area contributed by atoms with Crippen molar-refractivity contribution in [3.8, 4) is 0 Å². The van der Waals surface area contributed by atoms with Crippen LogP contribution in [0.1, 0.15) is 18.4 Å². The number of alkyl halides is 2. The Morgan fingerprint density at radius 1 is 1.30 bits per heavy atom. The maximum Gasteiger partial charge on any atom is 0.407 e. The van der Waals surface area contributed by atoms with Crippen molar-refractivity contribution in [1.29, 1.82) is 0 Å². The predicted octanol–water partition coefficient (Wildman–Crippen LogP) is 2.32. The monoisotopic (exact) mass is 285 g/mol. The molecule has 0 heterocycles. The lowest BCUT2D eigenvalue weighted by atomic mass is 9.66. The van der Waals surface area contributed by atoms with Crippen LogP contribution in [0.3, 0.4) is 0 Å². The van der Waals surface area contributed by atoms with E-state index in [0.717, 1.165) is 5.56 Å². The van der Waals surface area contributed by atoms with Crippen LogP contribution in [0.2, 0.25) is 0 Å². The van der Waals surface area contributed by atoms with Crippen molar-refractivity contribution in [3.63, 3.8) is 0 Å². The molecule has 0 atom stereocenters. The lowest BCUT2D eigenvalue weighted by Gasteiger charge is -2.46. The summed E-state index contributed by atoms with van der Waals surface area (Å²) in [5.74, 6) is -2.74. The molecule has 1 fully saturated rings. The number of hydrogen-bond acceptors (Lipinski definition) is 3. The first-order valence-electron chi connectivity index (χ1n) is 6.38. The molecule has 0 aliphatic heterocycles. The van der Waals surface area contributed by atoms with Crippen molar-refractivity contribution in [1.82, 2.24) is 5.32 Å². The van der Waals surface area contributed by atoms with Gasteiger partial charge < -0.3 is 15.2 Å². The fraction of sp³-hybridized carbons (Fsp3) is 0.500. The number of aliphatic hydroxyl groups is 1. The number of rotatable bonds is 5. The largest absolute Gasteiger partial charge is 0.445 e. The van der Waals surface area contributed by atoms with Crippen LogP contribution >= 0.6 is 0 Å². The van der Waals surface area contributed by atoms with E-state index >= 15 is 0 Å². The zero-order chi connectivity index (χ0) is 14.6. The van der Waals surface area contributed by atoms with Crippen LogP contribution in [-0.4, -0.2) is 30.3 Å². The Bertz CT molecular complexity index is 457. The molecular weight excluding hydrogens is 268 g/mol. The fourth-order valence-electron chi connectivity index (χ4n) is 2.37. The number of hydrogen-bond donors (Lipinski definition) is 2. The minimum Gasteiger partial charge on any atom is -0.445 e. The molecule has 110 valence electrons. The van der Waals surface area contributed by atoms with Gasteiger partial charge in [0.15, 0.2) is 0 Å². The van der Waals surface area contributed by atoms with Crippen molar-refractivity contribution in [2.75, 3.05) is 13.2 Å². The number of benzene rings is 1. The molecule has 0 bridgehead atoms. The van der Waals surface area contributed by atoms with Gasteiger partial charge in [0.05, 0.1) is 6.61 Å². The number of halogens is 2. The molecule has 2 N–H and O–H groups in total. The number of carbonyl (C=O) groups is 1. The first-order chi connectivity index (χ1) is 9.45. The number of aliphatic hydroxyl groups excluding tert-OH is 1. The highest BCUT2D eigenvalue weighted by Crippen LogP contribution is 2.51. The molecule has 1 aromatic carbocycles. The molecule has 0 spiro atoms. The minimum absolute atomic E-state index is 0.00723. The SMILES string of the molecule is O=C(NCC1(CO)CC(F)(F)C1)OCc1ccccc1. The topological polar surface area (TPSA) is 58.6 Å². The second kappa shape index (κ2) is 5.75. The minimum atomic E-state index is -2.74. The van der Waals surface area contributed by atoms with Gasteiger partial charge in [-0.3, -0.25) is 0 Å².